The molecule has 0 aliphatic carbocycles. The highest BCUT2D eigenvalue weighted by Crippen LogP contribution is 2.28. The van der Waals surface area contributed by atoms with Crippen LogP contribution in [0.4, 0.5) is 0 Å². The number of ether oxygens (including phenoxy) is 1. The van der Waals surface area contributed by atoms with E-state index in [4.69, 9.17) is 16.3 Å². The van der Waals surface area contributed by atoms with Gasteiger partial charge in [0.1, 0.15) is 5.82 Å². The smallest absolute Gasteiger partial charge is 0.306 e. The Morgan fingerprint density at radius 2 is 1.87 bits per heavy atom. The minimum Gasteiger partial charge on any atom is -0.466 e. The first-order valence-electron chi connectivity index (χ1n) is 10.7. The van der Waals surface area contributed by atoms with Crippen LogP contribution in [0.3, 0.4) is 0 Å². The lowest BCUT2D eigenvalue weighted by Gasteiger charge is -2.23. The van der Waals surface area contributed by atoms with E-state index in [9.17, 15) is 4.79 Å². The molecule has 1 aromatic carbocycles. The predicted molar refractivity (Wildman–Crippen MR) is 120 cm³/mol. The summed E-state index contributed by atoms with van der Waals surface area (Å²) in [6.07, 6.45) is 9.35. The number of nitrogens with zero attached hydrogens (tertiary/aromatic N) is 5. The second kappa shape index (κ2) is 10.6. The molecule has 3 aromatic rings. The zero-order valence-electron chi connectivity index (χ0n) is 18.4. The van der Waals surface area contributed by atoms with Crippen molar-refractivity contribution in [3.05, 3.63) is 59.7 Å². The van der Waals surface area contributed by atoms with Crippen molar-refractivity contribution in [3.8, 4) is 5.69 Å². The van der Waals surface area contributed by atoms with E-state index in [1.807, 2.05) is 39.6 Å². The van der Waals surface area contributed by atoms with Gasteiger partial charge in [0.15, 0.2) is 5.82 Å². The van der Waals surface area contributed by atoms with Crippen LogP contribution in [0.1, 0.15) is 58.1 Å². The van der Waals surface area contributed by atoms with E-state index >= 15 is 0 Å². The van der Waals surface area contributed by atoms with Gasteiger partial charge in [-0.1, -0.05) is 45.2 Å². The van der Waals surface area contributed by atoms with Crippen LogP contribution in [0, 0.1) is 5.41 Å². The molecule has 0 spiro atoms. The highest BCUT2D eigenvalue weighted by atomic mass is 35.5. The number of halogens is 1. The fraction of sp³-hybridized carbons (Fsp3) is 0.478. The monoisotopic (exact) mass is 443 g/mol. The number of rotatable bonds is 11. The molecule has 0 amide bonds. The van der Waals surface area contributed by atoms with E-state index in [1.54, 1.807) is 12.5 Å². The Morgan fingerprint density at radius 1 is 1.13 bits per heavy atom. The molecule has 2 aromatic heterocycles. The lowest BCUT2D eigenvalue weighted by Crippen LogP contribution is -2.23. The van der Waals surface area contributed by atoms with E-state index in [-0.39, 0.29) is 11.4 Å². The second-order valence-corrected chi connectivity index (χ2v) is 8.96. The van der Waals surface area contributed by atoms with Crippen molar-refractivity contribution >= 4 is 17.6 Å². The van der Waals surface area contributed by atoms with Crippen LogP contribution < -0.4 is 0 Å². The molecule has 0 fully saturated rings. The first kappa shape index (κ1) is 23.0. The number of aromatic nitrogens is 5. The molecular formula is C23H30ClN5O2. The van der Waals surface area contributed by atoms with Crippen LogP contribution in [-0.4, -0.2) is 36.9 Å². The standard InChI is InChI=1S/C23H30ClN5O2/c1-4-5-6-13-31-22(30)15-23(2,3)14-20-26-27-21(16-28-12-11-25-17-28)29(20)19-9-7-18(24)8-10-19/h7-12,17H,4-6,13-16H2,1-3H3. The van der Waals surface area contributed by atoms with Crippen LogP contribution in [0.2, 0.25) is 5.02 Å². The van der Waals surface area contributed by atoms with E-state index in [1.165, 1.54) is 0 Å². The molecule has 0 radical (unpaired) electrons. The van der Waals surface area contributed by atoms with Gasteiger partial charge in [0.2, 0.25) is 0 Å². The van der Waals surface area contributed by atoms with Crippen molar-refractivity contribution in [1.82, 2.24) is 24.3 Å². The van der Waals surface area contributed by atoms with Crippen molar-refractivity contribution in [2.24, 2.45) is 5.41 Å². The second-order valence-electron chi connectivity index (χ2n) is 8.52. The summed E-state index contributed by atoms with van der Waals surface area (Å²) in [5.74, 6) is 1.41. The molecule has 8 heteroatoms. The maximum Gasteiger partial charge on any atom is 0.306 e. The number of benzene rings is 1. The Bertz CT molecular complexity index is 965. The zero-order valence-corrected chi connectivity index (χ0v) is 19.2. The van der Waals surface area contributed by atoms with Crippen LogP contribution in [0.15, 0.2) is 43.0 Å². The van der Waals surface area contributed by atoms with Gasteiger partial charge in [0.05, 0.1) is 25.9 Å². The molecule has 0 atom stereocenters. The molecule has 0 saturated carbocycles. The summed E-state index contributed by atoms with van der Waals surface area (Å²) in [6.45, 7) is 7.25. The van der Waals surface area contributed by atoms with Crippen molar-refractivity contribution in [3.63, 3.8) is 0 Å². The Morgan fingerprint density at radius 3 is 2.55 bits per heavy atom. The molecule has 31 heavy (non-hydrogen) atoms. The largest absolute Gasteiger partial charge is 0.466 e. The average Bonchev–Trinajstić information content (AvgIpc) is 3.36. The molecular weight excluding hydrogens is 414 g/mol. The van der Waals surface area contributed by atoms with E-state index in [0.29, 0.717) is 31.0 Å². The molecule has 0 saturated heterocycles. The topological polar surface area (TPSA) is 74.8 Å². The maximum atomic E-state index is 12.3. The number of hydrogen-bond donors (Lipinski definition) is 0. The summed E-state index contributed by atoms with van der Waals surface area (Å²) in [5.41, 5.74) is 0.600. The summed E-state index contributed by atoms with van der Waals surface area (Å²) in [7, 11) is 0. The molecule has 0 bridgehead atoms. The number of unbranched alkanes of at least 4 members (excludes halogenated alkanes) is 2. The third-order valence-electron chi connectivity index (χ3n) is 5.04. The predicted octanol–water partition coefficient (Wildman–Crippen LogP) is 4.86. The average molecular weight is 444 g/mol. The lowest BCUT2D eigenvalue weighted by atomic mass is 9.85. The number of carbonyl (C=O) groups is 1. The minimum absolute atomic E-state index is 0.169. The number of imidazole rings is 1. The minimum atomic E-state index is -0.328. The lowest BCUT2D eigenvalue weighted by molar-refractivity contribution is -0.146. The summed E-state index contributed by atoms with van der Waals surface area (Å²) in [4.78, 5) is 16.4. The highest BCUT2D eigenvalue weighted by molar-refractivity contribution is 6.30. The third-order valence-corrected chi connectivity index (χ3v) is 5.29. The molecule has 166 valence electrons. The van der Waals surface area contributed by atoms with Crippen molar-refractivity contribution in [2.75, 3.05) is 6.61 Å². The van der Waals surface area contributed by atoms with Gasteiger partial charge in [-0.05, 0) is 36.1 Å². The number of hydrogen-bond acceptors (Lipinski definition) is 5. The summed E-state index contributed by atoms with van der Waals surface area (Å²) < 4.78 is 9.39. The van der Waals surface area contributed by atoms with Gasteiger partial charge < -0.3 is 9.30 Å². The van der Waals surface area contributed by atoms with Gasteiger partial charge in [-0.25, -0.2) is 4.98 Å². The summed E-state index contributed by atoms with van der Waals surface area (Å²) in [5, 5.41) is 9.57. The summed E-state index contributed by atoms with van der Waals surface area (Å²) >= 11 is 6.09. The fourth-order valence-electron chi connectivity index (χ4n) is 3.47. The van der Waals surface area contributed by atoms with Crippen LogP contribution >= 0.6 is 11.6 Å². The van der Waals surface area contributed by atoms with Gasteiger partial charge in [-0.2, -0.15) is 0 Å². The van der Waals surface area contributed by atoms with E-state index in [0.717, 1.165) is 36.6 Å². The molecule has 0 N–H and O–H groups in total. The molecule has 0 aliphatic rings. The Balaban J connectivity index is 1.78. The van der Waals surface area contributed by atoms with Crippen LogP contribution in [-0.2, 0) is 22.5 Å². The molecule has 0 aliphatic heterocycles. The van der Waals surface area contributed by atoms with Gasteiger partial charge in [-0.15, -0.1) is 10.2 Å². The third kappa shape index (κ3) is 6.66. The zero-order chi connectivity index (χ0) is 22.3. The Labute approximate surface area is 188 Å². The molecule has 0 unspecified atom stereocenters. The normalized spacial score (nSPS) is 11.6. The molecule has 2 heterocycles. The van der Waals surface area contributed by atoms with Gasteiger partial charge in [0.25, 0.3) is 0 Å². The van der Waals surface area contributed by atoms with Crippen molar-refractivity contribution in [2.45, 2.75) is 59.4 Å². The summed E-state index contributed by atoms with van der Waals surface area (Å²) in [6, 6.07) is 7.59. The van der Waals surface area contributed by atoms with Gasteiger partial charge >= 0.3 is 5.97 Å². The first-order valence-corrected chi connectivity index (χ1v) is 11.1. The number of esters is 1. The molecule has 7 nitrogen and oxygen atoms in total. The van der Waals surface area contributed by atoms with Crippen LogP contribution in [0.5, 0.6) is 0 Å². The SMILES string of the molecule is CCCCCOC(=O)CC(C)(C)Cc1nnc(Cn2ccnc2)n1-c1ccc(Cl)cc1. The van der Waals surface area contributed by atoms with Gasteiger partial charge in [0, 0.05) is 29.5 Å². The maximum absolute atomic E-state index is 12.3. The molecule has 3 rings (SSSR count). The van der Waals surface area contributed by atoms with E-state index in [2.05, 4.69) is 36.0 Å². The van der Waals surface area contributed by atoms with Crippen molar-refractivity contribution in [1.29, 1.82) is 0 Å². The Hall–Kier alpha value is -2.67. The van der Waals surface area contributed by atoms with E-state index < -0.39 is 0 Å². The Kier molecular flexibility index (Phi) is 7.85. The highest BCUT2D eigenvalue weighted by Gasteiger charge is 2.27. The number of carbonyl (C=O) groups excluding carboxylic acids is 1. The fourth-order valence-corrected chi connectivity index (χ4v) is 3.60. The quantitative estimate of drug-likeness (QED) is 0.312. The first-order chi connectivity index (χ1) is 14.9. The van der Waals surface area contributed by atoms with Crippen LogP contribution in [0.25, 0.3) is 5.69 Å². The van der Waals surface area contributed by atoms with Gasteiger partial charge in [-0.3, -0.25) is 9.36 Å². The van der Waals surface area contributed by atoms with Crippen molar-refractivity contribution < 1.29 is 9.53 Å².